The van der Waals surface area contributed by atoms with E-state index < -0.39 is 0 Å². The summed E-state index contributed by atoms with van der Waals surface area (Å²) in [5.41, 5.74) is 1.71. The van der Waals surface area contributed by atoms with Crippen molar-refractivity contribution in [1.82, 2.24) is 14.4 Å². The molecule has 0 fully saturated rings. The van der Waals surface area contributed by atoms with Crippen molar-refractivity contribution < 1.29 is 0 Å². The standard InChI is InChI=1S/C8H4IN3S/c9-13-4-1-7-5-11-8-6-10-2-3-12(7)8/h2-3,5-6H. The van der Waals surface area contributed by atoms with Gasteiger partial charge in [-0.15, -0.1) is 0 Å². The Morgan fingerprint density at radius 3 is 3.23 bits per heavy atom. The Labute approximate surface area is 91.6 Å². The van der Waals surface area contributed by atoms with Crippen LogP contribution in [0, 0.1) is 11.2 Å². The third kappa shape index (κ3) is 1.78. The summed E-state index contributed by atoms with van der Waals surface area (Å²) in [6.45, 7) is 0. The first-order valence-corrected chi connectivity index (χ1v) is 6.83. The number of nitrogens with zero attached hydrogens (tertiary/aromatic N) is 3. The monoisotopic (exact) mass is 301 g/mol. The van der Waals surface area contributed by atoms with Gasteiger partial charge in [0, 0.05) is 33.6 Å². The predicted molar refractivity (Wildman–Crippen MR) is 61.5 cm³/mol. The molecule has 0 atom stereocenters. The zero-order valence-corrected chi connectivity index (χ0v) is 9.41. The van der Waals surface area contributed by atoms with Crippen molar-refractivity contribution in [3.63, 3.8) is 0 Å². The van der Waals surface area contributed by atoms with Crippen LogP contribution in [0.25, 0.3) is 5.65 Å². The first kappa shape index (κ1) is 8.84. The van der Waals surface area contributed by atoms with Crippen LogP contribution in [0.4, 0.5) is 0 Å². The number of hydrogen-bond donors (Lipinski definition) is 0. The maximum atomic E-state index is 4.16. The Kier molecular flexibility index (Phi) is 2.71. The lowest BCUT2D eigenvalue weighted by Crippen LogP contribution is -1.87. The molecular formula is C8H4IN3S. The fourth-order valence-electron chi connectivity index (χ4n) is 1.01. The minimum absolute atomic E-state index is 0.824. The number of aromatic nitrogens is 3. The molecule has 64 valence electrons. The van der Waals surface area contributed by atoms with Crippen LogP contribution in [0.1, 0.15) is 5.69 Å². The first-order valence-electron chi connectivity index (χ1n) is 3.47. The van der Waals surface area contributed by atoms with Gasteiger partial charge in [0.15, 0.2) is 5.65 Å². The molecule has 0 amide bonds. The summed E-state index contributed by atoms with van der Waals surface area (Å²) in [7, 11) is 1.46. The van der Waals surface area contributed by atoms with E-state index in [1.165, 1.54) is 8.93 Å². The van der Waals surface area contributed by atoms with Crippen LogP contribution in [0.2, 0.25) is 0 Å². The van der Waals surface area contributed by atoms with Gasteiger partial charge in [0.25, 0.3) is 0 Å². The van der Waals surface area contributed by atoms with Gasteiger partial charge >= 0.3 is 0 Å². The highest BCUT2D eigenvalue weighted by molar-refractivity contribution is 14.2. The van der Waals surface area contributed by atoms with E-state index >= 15 is 0 Å². The fourth-order valence-corrected chi connectivity index (χ4v) is 1.48. The summed E-state index contributed by atoms with van der Waals surface area (Å²) in [6.07, 6.45) is 7.03. The second-order valence-corrected chi connectivity index (χ2v) is 3.93. The number of rotatable bonds is 0. The van der Waals surface area contributed by atoms with E-state index in [9.17, 15) is 0 Å². The molecule has 0 bridgehead atoms. The molecule has 3 nitrogen and oxygen atoms in total. The quantitative estimate of drug-likeness (QED) is 0.551. The van der Waals surface area contributed by atoms with Gasteiger partial charge in [0.1, 0.15) is 5.69 Å². The number of fused-ring (bicyclic) bond motifs is 1. The molecule has 0 aliphatic carbocycles. The molecule has 2 rings (SSSR count). The van der Waals surface area contributed by atoms with Gasteiger partial charge in [-0.1, -0.05) is 0 Å². The fraction of sp³-hybridized carbons (Fsp3) is 0. The molecular weight excluding hydrogens is 297 g/mol. The number of imidazole rings is 1. The van der Waals surface area contributed by atoms with Crippen LogP contribution in [-0.4, -0.2) is 14.4 Å². The summed E-state index contributed by atoms with van der Waals surface area (Å²) in [5.74, 6) is 3.00. The second-order valence-electron chi connectivity index (χ2n) is 2.25. The van der Waals surface area contributed by atoms with Gasteiger partial charge in [-0.3, -0.25) is 9.38 Å². The number of hydrogen-bond acceptors (Lipinski definition) is 3. The third-order valence-electron chi connectivity index (χ3n) is 1.53. The zero-order chi connectivity index (χ0) is 9.10. The highest BCUT2D eigenvalue weighted by Crippen LogP contribution is 2.08. The van der Waals surface area contributed by atoms with Crippen LogP contribution < -0.4 is 0 Å². The largest absolute Gasteiger partial charge is 0.290 e. The molecule has 2 aromatic rings. The Balaban J connectivity index is 2.58. The van der Waals surface area contributed by atoms with Crippen molar-refractivity contribution in [2.75, 3.05) is 0 Å². The summed E-state index contributed by atoms with van der Waals surface area (Å²) >= 11 is 2.14. The molecule has 0 N–H and O–H groups in total. The molecule has 0 unspecified atom stereocenters. The molecule has 0 aliphatic rings. The highest BCUT2D eigenvalue weighted by Gasteiger charge is 1.97. The lowest BCUT2D eigenvalue weighted by molar-refractivity contribution is 1.11. The highest BCUT2D eigenvalue weighted by atomic mass is 127. The van der Waals surface area contributed by atoms with E-state index in [0.717, 1.165) is 11.3 Å². The average molecular weight is 301 g/mol. The van der Waals surface area contributed by atoms with Crippen molar-refractivity contribution in [1.29, 1.82) is 0 Å². The van der Waals surface area contributed by atoms with E-state index in [2.05, 4.69) is 42.3 Å². The Morgan fingerprint density at radius 1 is 1.46 bits per heavy atom. The first-order chi connectivity index (χ1) is 6.42. The van der Waals surface area contributed by atoms with Crippen molar-refractivity contribution in [3.8, 4) is 11.2 Å². The van der Waals surface area contributed by atoms with Crippen LogP contribution in [0.5, 0.6) is 0 Å². The zero-order valence-electron chi connectivity index (χ0n) is 6.44. The molecule has 0 saturated heterocycles. The van der Waals surface area contributed by atoms with Crippen LogP contribution in [-0.2, 0) is 0 Å². The van der Waals surface area contributed by atoms with Crippen molar-refractivity contribution in [2.45, 2.75) is 0 Å². The Bertz CT molecular complexity index is 483. The SMILES string of the molecule is ISC#Cc1cnc2cnccn12. The summed E-state index contributed by atoms with van der Waals surface area (Å²) < 4.78 is 1.91. The molecule has 0 radical (unpaired) electrons. The molecule has 0 saturated carbocycles. The second kappa shape index (κ2) is 3.98. The van der Waals surface area contributed by atoms with Crippen molar-refractivity contribution >= 4 is 35.8 Å². The summed E-state index contributed by atoms with van der Waals surface area (Å²) in [4.78, 5) is 8.13. The summed E-state index contributed by atoms with van der Waals surface area (Å²) in [5, 5.41) is 2.91. The predicted octanol–water partition coefficient (Wildman–Crippen LogP) is 2.12. The van der Waals surface area contributed by atoms with Gasteiger partial charge in [-0.05, 0) is 20.1 Å². The van der Waals surface area contributed by atoms with Gasteiger partial charge < -0.3 is 0 Å². The van der Waals surface area contributed by atoms with Gasteiger partial charge in [-0.25, -0.2) is 4.98 Å². The lowest BCUT2D eigenvalue weighted by Gasteiger charge is -1.91. The molecule has 0 spiro atoms. The van der Waals surface area contributed by atoms with Crippen molar-refractivity contribution in [2.24, 2.45) is 0 Å². The maximum Gasteiger partial charge on any atom is 0.156 e. The molecule has 0 aromatic carbocycles. The maximum absolute atomic E-state index is 4.16. The minimum Gasteiger partial charge on any atom is -0.290 e. The molecule has 2 aromatic heterocycles. The van der Waals surface area contributed by atoms with Crippen LogP contribution in [0.15, 0.2) is 24.8 Å². The van der Waals surface area contributed by atoms with E-state index in [-0.39, 0.29) is 0 Å². The van der Waals surface area contributed by atoms with Gasteiger partial charge in [-0.2, -0.15) is 0 Å². The lowest BCUT2D eigenvalue weighted by atomic mass is 10.5. The smallest absolute Gasteiger partial charge is 0.156 e. The Morgan fingerprint density at radius 2 is 2.38 bits per heavy atom. The Hall–Kier alpha value is -0.740. The third-order valence-corrected chi connectivity index (χ3v) is 2.37. The number of halogens is 1. The van der Waals surface area contributed by atoms with Gasteiger partial charge in [0.2, 0.25) is 0 Å². The molecule has 0 aliphatic heterocycles. The van der Waals surface area contributed by atoms with Crippen molar-refractivity contribution in [3.05, 3.63) is 30.5 Å². The van der Waals surface area contributed by atoms with E-state index in [1.54, 1.807) is 18.6 Å². The van der Waals surface area contributed by atoms with E-state index in [0.29, 0.717) is 0 Å². The average Bonchev–Trinajstić information content (AvgIpc) is 2.58. The molecule has 2 heterocycles. The van der Waals surface area contributed by atoms with Gasteiger partial charge in [0.05, 0.1) is 12.4 Å². The van der Waals surface area contributed by atoms with E-state index in [4.69, 9.17) is 0 Å². The van der Waals surface area contributed by atoms with Crippen LogP contribution >= 0.6 is 30.1 Å². The molecule has 13 heavy (non-hydrogen) atoms. The van der Waals surface area contributed by atoms with Crippen LogP contribution in [0.3, 0.4) is 0 Å². The minimum atomic E-state index is 0.824. The van der Waals surface area contributed by atoms with E-state index in [1.807, 2.05) is 10.6 Å². The topological polar surface area (TPSA) is 30.2 Å². The normalized spacial score (nSPS) is 9.62. The molecule has 5 heteroatoms. The summed E-state index contributed by atoms with van der Waals surface area (Å²) in [6, 6.07) is 0.